The Balaban J connectivity index is 1.48. The monoisotopic (exact) mass is 476 g/mol. The van der Waals surface area contributed by atoms with Crippen LogP contribution in [0.15, 0.2) is 54.6 Å². The highest BCUT2D eigenvalue weighted by atomic mass is 35.5. The number of hydrogen-bond acceptors (Lipinski definition) is 4. The van der Waals surface area contributed by atoms with E-state index in [-0.39, 0.29) is 17.7 Å². The molecule has 1 saturated heterocycles. The Morgan fingerprint density at radius 1 is 1.12 bits per heavy atom. The number of urea groups is 1. The lowest BCUT2D eigenvalue weighted by Gasteiger charge is -2.42. The van der Waals surface area contributed by atoms with Crippen molar-refractivity contribution in [2.24, 2.45) is 0 Å². The van der Waals surface area contributed by atoms with Gasteiger partial charge in [0.1, 0.15) is 17.3 Å². The van der Waals surface area contributed by atoms with Crippen LogP contribution < -0.4 is 0 Å². The van der Waals surface area contributed by atoms with Gasteiger partial charge in [-0.3, -0.25) is 19.5 Å². The molecule has 0 saturated carbocycles. The molecule has 2 N–H and O–H groups in total. The number of carbonyl (C=O) groups is 2. The summed E-state index contributed by atoms with van der Waals surface area (Å²) in [5.74, 6) is -0.0707. The quantitative estimate of drug-likeness (QED) is 0.439. The number of fused-ring (bicyclic) bond motifs is 4. The van der Waals surface area contributed by atoms with Crippen LogP contribution >= 0.6 is 11.6 Å². The van der Waals surface area contributed by atoms with Crippen LogP contribution in [0, 0.1) is 0 Å². The lowest BCUT2D eigenvalue weighted by atomic mass is 9.81. The van der Waals surface area contributed by atoms with E-state index in [1.54, 1.807) is 23.1 Å². The number of H-pyrrole nitrogens is 1. The summed E-state index contributed by atoms with van der Waals surface area (Å²) in [5.41, 5.74) is 2.45. The predicted octanol–water partition coefficient (Wildman–Crippen LogP) is 4.07. The van der Waals surface area contributed by atoms with E-state index in [1.807, 2.05) is 31.2 Å². The number of amides is 3. The lowest BCUT2D eigenvalue weighted by molar-refractivity contribution is -0.133. The number of rotatable bonds is 4. The van der Waals surface area contributed by atoms with E-state index < -0.39 is 11.6 Å². The minimum Gasteiger partial charge on any atom is -0.508 e. The third-order valence-electron chi connectivity index (χ3n) is 7.35. The SMILES string of the molecule is CC12Cc3c([nH]c4ccc(Cl)cc34)C(c3cccc(O)c3)N1C(=O)N(CCN1CC=CC1)C2=O. The van der Waals surface area contributed by atoms with Crippen LogP contribution in [0.4, 0.5) is 4.79 Å². The molecule has 8 heteroatoms. The first-order valence-electron chi connectivity index (χ1n) is 11.5. The van der Waals surface area contributed by atoms with Gasteiger partial charge in [0.15, 0.2) is 0 Å². The topological polar surface area (TPSA) is 79.9 Å². The van der Waals surface area contributed by atoms with Gasteiger partial charge in [-0.2, -0.15) is 0 Å². The second-order valence-corrected chi connectivity index (χ2v) is 9.93. The highest BCUT2D eigenvalue weighted by Gasteiger charge is 2.60. The molecule has 2 unspecified atom stereocenters. The highest BCUT2D eigenvalue weighted by Crippen LogP contribution is 2.49. The zero-order chi connectivity index (χ0) is 23.6. The maximum absolute atomic E-state index is 13.8. The number of aromatic amines is 1. The van der Waals surface area contributed by atoms with Crippen molar-refractivity contribution in [3.8, 4) is 5.75 Å². The molecule has 174 valence electrons. The molecule has 0 spiro atoms. The summed E-state index contributed by atoms with van der Waals surface area (Å²) in [4.78, 5) is 36.4. The molecule has 0 bridgehead atoms. The molecule has 34 heavy (non-hydrogen) atoms. The van der Waals surface area contributed by atoms with Gasteiger partial charge in [0.05, 0.1) is 0 Å². The van der Waals surface area contributed by atoms with Crippen molar-refractivity contribution in [1.29, 1.82) is 0 Å². The molecule has 0 radical (unpaired) electrons. The van der Waals surface area contributed by atoms with Crippen LogP contribution in [0.1, 0.15) is 29.8 Å². The van der Waals surface area contributed by atoms with Crippen LogP contribution in [0.5, 0.6) is 5.75 Å². The second-order valence-electron chi connectivity index (χ2n) is 9.50. The number of hydrogen-bond donors (Lipinski definition) is 2. The number of phenolic OH excluding ortho intramolecular Hbond substituents is 1. The lowest BCUT2D eigenvalue weighted by Crippen LogP contribution is -2.53. The van der Waals surface area contributed by atoms with Crippen molar-refractivity contribution in [2.75, 3.05) is 26.2 Å². The van der Waals surface area contributed by atoms with Gasteiger partial charge in [-0.15, -0.1) is 0 Å². The first-order valence-corrected chi connectivity index (χ1v) is 11.9. The van der Waals surface area contributed by atoms with Crippen molar-refractivity contribution in [3.63, 3.8) is 0 Å². The van der Waals surface area contributed by atoms with E-state index in [0.717, 1.165) is 40.8 Å². The van der Waals surface area contributed by atoms with Crippen LogP contribution in [-0.2, 0) is 11.2 Å². The number of nitrogens with zero attached hydrogens (tertiary/aromatic N) is 3. The molecule has 3 aromatic rings. The van der Waals surface area contributed by atoms with Crippen LogP contribution in [0.3, 0.4) is 0 Å². The molecule has 2 aromatic carbocycles. The van der Waals surface area contributed by atoms with Crippen molar-refractivity contribution < 1.29 is 14.7 Å². The summed E-state index contributed by atoms with van der Waals surface area (Å²) in [6.45, 7) is 4.50. The van der Waals surface area contributed by atoms with Crippen LogP contribution in [-0.4, -0.2) is 68.4 Å². The number of carbonyl (C=O) groups excluding carboxylic acids is 2. The Hall–Kier alpha value is -3.29. The number of nitrogens with one attached hydrogen (secondary N) is 1. The number of aromatic nitrogens is 1. The summed E-state index contributed by atoms with van der Waals surface area (Å²) >= 11 is 6.32. The fourth-order valence-electron chi connectivity index (χ4n) is 5.67. The molecule has 3 aliphatic heterocycles. The maximum atomic E-state index is 13.8. The number of benzene rings is 2. The van der Waals surface area contributed by atoms with Crippen LogP contribution in [0.25, 0.3) is 10.9 Å². The largest absolute Gasteiger partial charge is 0.508 e. The molecule has 3 aliphatic rings. The van der Waals surface area contributed by atoms with E-state index in [0.29, 0.717) is 24.5 Å². The fourth-order valence-corrected chi connectivity index (χ4v) is 5.84. The number of aromatic hydroxyl groups is 1. The second kappa shape index (κ2) is 7.61. The van der Waals surface area contributed by atoms with Crippen molar-refractivity contribution in [3.05, 3.63) is 76.5 Å². The standard InChI is InChI=1S/C26H25ClN4O3/c1-26-15-20-19-14-17(27)7-8-21(19)28-22(20)23(16-5-4-6-18(32)13-16)31(26)25(34)30(24(26)33)12-11-29-9-2-3-10-29/h2-8,13-14,23,28,32H,9-12,15H2,1H3. The molecule has 2 atom stereocenters. The molecule has 1 aromatic heterocycles. The first-order chi connectivity index (χ1) is 16.4. The van der Waals surface area contributed by atoms with Gasteiger partial charge in [0.25, 0.3) is 5.91 Å². The van der Waals surface area contributed by atoms with Crippen LogP contribution in [0.2, 0.25) is 5.02 Å². The van der Waals surface area contributed by atoms with Gasteiger partial charge in [-0.1, -0.05) is 35.9 Å². The zero-order valence-corrected chi connectivity index (χ0v) is 19.5. The molecular weight excluding hydrogens is 452 g/mol. The van der Waals surface area contributed by atoms with Gasteiger partial charge in [0.2, 0.25) is 0 Å². The van der Waals surface area contributed by atoms with E-state index >= 15 is 0 Å². The van der Waals surface area contributed by atoms with Gasteiger partial charge in [-0.25, -0.2) is 4.79 Å². The third-order valence-corrected chi connectivity index (χ3v) is 7.58. The Labute approximate surface area is 202 Å². The Bertz CT molecular complexity index is 1360. The normalized spacial score (nSPS) is 24.4. The van der Waals surface area contributed by atoms with Crippen molar-refractivity contribution >= 4 is 34.4 Å². The van der Waals surface area contributed by atoms with Gasteiger partial charge >= 0.3 is 6.03 Å². The minimum absolute atomic E-state index is 0.113. The average molecular weight is 477 g/mol. The molecule has 7 nitrogen and oxygen atoms in total. The zero-order valence-electron chi connectivity index (χ0n) is 18.8. The molecular formula is C26H25ClN4O3. The van der Waals surface area contributed by atoms with Crippen molar-refractivity contribution in [2.45, 2.75) is 24.9 Å². The third kappa shape index (κ3) is 3.07. The van der Waals surface area contributed by atoms with Gasteiger partial charge in [-0.05, 0) is 48.4 Å². The number of halogens is 1. The molecule has 4 heterocycles. The first kappa shape index (κ1) is 21.3. The average Bonchev–Trinajstić information content (AvgIpc) is 3.49. The summed E-state index contributed by atoms with van der Waals surface area (Å²) in [5, 5.41) is 11.8. The Morgan fingerprint density at radius 3 is 2.68 bits per heavy atom. The Morgan fingerprint density at radius 2 is 1.91 bits per heavy atom. The number of phenols is 1. The van der Waals surface area contributed by atoms with E-state index in [4.69, 9.17) is 11.6 Å². The van der Waals surface area contributed by atoms with Crippen molar-refractivity contribution in [1.82, 2.24) is 19.7 Å². The highest BCUT2D eigenvalue weighted by molar-refractivity contribution is 6.31. The summed E-state index contributed by atoms with van der Waals surface area (Å²) in [7, 11) is 0. The van der Waals surface area contributed by atoms with Gasteiger partial charge < -0.3 is 10.1 Å². The minimum atomic E-state index is -1.04. The summed E-state index contributed by atoms with van der Waals surface area (Å²) in [6.07, 6.45) is 4.59. The van der Waals surface area contributed by atoms with E-state index in [2.05, 4.69) is 22.0 Å². The van der Waals surface area contributed by atoms with E-state index in [9.17, 15) is 14.7 Å². The summed E-state index contributed by atoms with van der Waals surface area (Å²) < 4.78 is 0. The fraction of sp³-hybridized carbons (Fsp3) is 0.308. The predicted molar refractivity (Wildman–Crippen MR) is 130 cm³/mol. The maximum Gasteiger partial charge on any atom is 0.328 e. The van der Waals surface area contributed by atoms with Gasteiger partial charge in [0, 0.05) is 54.2 Å². The molecule has 0 aliphatic carbocycles. The van der Waals surface area contributed by atoms with E-state index in [1.165, 1.54) is 4.90 Å². The summed E-state index contributed by atoms with van der Waals surface area (Å²) in [6, 6.07) is 11.7. The molecule has 1 fully saturated rings. The molecule has 3 amide bonds. The smallest absolute Gasteiger partial charge is 0.328 e. The molecule has 6 rings (SSSR count). The number of imide groups is 1. The Kier molecular flexibility index (Phi) is 4.76.